The highest BCUT2D eigenvalue weighted by molar-refractivity contribution is 7.33. The van der Waals surface area contributed by atoms with E-state index in [0.717, 1.165) is 0 Å². The second-order valence-corrected chi connectivity index (χ2v) is 2.85. The fourth-order valence-electron chi connectivity index (χ4n) is 0.330. The van der Waals surface area contributed by atoms with E-state index in [1.807, 2.05) is 0 Å². The van der Waals surface area contributed by atoms with E-state index < -0.39 is 20.5 Å². The molecule has 0 bridgehead atoms. The van der Waals surface area contributed by atoms with Crippen LogP contribution in [-0.4, -0.2) is 12.2 Å². The van der Waals surface area contributed by atoms with Gasteiger partial charge in [0.25, 0.3) is 0 Å². The summed E-state index contributed by atoms with van der Waals surface area (Å²) in [6.07, 6.45) is -1.58. The molecule has 0 radical (unpaired) electrons. The van der Waals surface area contributed by atoms with Gasteiger partial charge in [-0.05, 0) is 13.8 Å². The molecular weight excluding hydrogens is 179 g/mol. The molecule has 0 fully saturated rings. The summed E-state index contributed by atoms with van der Waals surface area (Å²) in [5.41, 5.74) is 0. The second kappa shape index (κ2) is 5.62. The van der Waals surface area contributed by atoms with E-state index in [4.69, 9.17) is 10.5 Å². The van der Waals surface area contributed by atoms with Crippen molar-refractivity contribution < 1.29 is 13.6 Å². The molecule has 0 aromatic rings. The van der Waals surface area contributed by atoms with E-state index in [-0.39, 0.29) is 0 Å². The molecule has 12 heavy (non-hydrogen) atoms. The third kappa shape index (κ3) is 4.76. The molecule has 0 aromatic carbocycles. The molecule has 0 aliphatic heterocycles. The van der Waals surface area contributed by atoms with Gasteiger partial charge in [0, 0.05) is 4.57 Å². The van der Waals surface area contributed by atoms with Gasteiger partial charge in [-0.1, -0.05) is 0 Å². The van der Waals surface area contributed by atoms with Crippen molar-refractivity contribution in [1.82, 2.24) is 0 Å². The average molecular weight is 187 g/mol. The zero-order chi connectivity index (χ0) is 9.56. The predicted octanol–water partition coefficient (Wildman–Crippen LogP) is 1.50. The van der Waals surface area contributed by atoms with Gasteiger partial charge in [0.15, 0.2) is 12.2 Å². The number of nitrogens with zero attached hydrogens (tertiary/aromatic N) is 2. The molecule has 0 spiro atoms. The van der Waals surface area contributed by atoms with E-state index >= 15 is 0 Å². The van der Waals surface area contributed by atoms with Crippen LogP contribution in [0, 0.1) is 22.7 Å². The molecule has 0 aliphatic rings. The van der Waals surface area contributed by atoms with Crippen molar-refractivity contribution in [1.29, 1.82) is 10.5 Å². The van der Waals surface area contributed by atoms with Crippen molar-refractivity contribution in [2.24, 2.45) is 0 Å². The highest BCUT2D eigenvalue weighted by Gasteiger charge is 2.27. The van der Waals surface area contributed by atoms with Crippen LogP contribution in [0.3, 0.4) is 0 Å². The van der Waals surface area contributed by atoms with E-state index in [9.17, 15) is 4.57 Å². The molecule has 0 amide bonds. The Labute approximate surface area is 71.5 Å². The number of rotatable bonds is 4. The minimum atomic E-state index is -2.37. The lowest BCUT2D eigenvalue weighted by Gasteiger charge is -1.91. The van der Waals surface area contributed by atoms with Crippen molar-refractivity contribution in [3.63, 3.8) is 0 Å². The van der Waals surface area contributed by atoms with Gasteiger partial charge in [-0.3, -0.25) is 0 Å². The standard InChI is InChI=1S/C6H8N2O3P/c1-5(3-7)10-12(9)11-6(2)4-8/h5-6H,1-2H3/q+1. The maximum Gasteiger partial charge on any atom is 0.700 e. The normalized spacial score (nSPS) is 15.5. The van der Waals surface area contributed by atoms with Crippen LogP contribution in [0.4, 0.5) is 0 Å². The van der Waals surface area contributed by atoms with Crippen molar-refractivity contribution in [2.75, 3.05) is 0 Å². The van der Waals surface area contributed by atoms with Crippen LogP contribution in [0.1, 0.15) is 13.8 Å². The molecule has 5 nitrogen and oxygen atoms in total. The fourth-order valence-corrected chi connectivity index (χ4v) is 0.991. The Morgan fingerprint density at radius 2 is 1.50 bits per heavy atom. The maximum absolute atomic E-state index is 10.8. The first-order chi connectivity index (χ1) is 5.60. The molecule has 0 N–H and O–H groups in total. The lowest BCUT2D eigenvalue weighted by atomic mass is 10.5. The second-order valence-electron chi connectivity index (χ2n) is 1.98. The average Bonchev–Trinajstić information content (AvgIpc) is 2.03. The molecule has 64 valence electrons. The first kappa shape index (κ1) is 11.0. The summed E-state index contributed by atoms with van der Waals surface area (Å²) in [5.74, 6) is 0. The Balaban J connectivity index is 3.78. The van der Waals surface area contributed by atoms with Gasteiger partial charge in [-0.25, -0.2) is 0 Å². The fraction of sp³-hybridized carbons (Fsp3) is 0.667. The van der Waals surface area contributed by atoms with E-state index in [0.29, 0.717) is 0 Å². The zero-order valence-corrected chi connectivity index (χ0v) is 7.62. The van der Waals surface area contributed by atoms with E-state index in [2.05, 4.69) is 9.05 Å². The SMILES string of the molecule is CC(C#N)O[P+](=O)OC(C)C#N. The van der Waals surface area contributed by atoms with Crippen LogP contribution in [0.15, 0.2) is 0 Å². The van der Waals surface area contributed by atoms with Gasteiger partial charge in [0.05, 0.1) is 12.1 Å². The highest BCUT2D eigenvalue weighted by Crippen LogP contribution is 2.27. The molecule has 0 heterocycles. The molecule has 0 aromatic heterocycles. The third-order valence-corrected chi connectivity index (χ3v) is 1.83. The van der Waals surface area contributed by atoms with Gasteiger partial charge < -0.3 is 0 Å². The van der Waals surface area contributed by atoms with Gasteiger partial charge in [0.1, 0.15) is 0 Å². The van der Waals surface area contributed by atoms with Gasteiger partial charge in [-0.2, -0.15) is 10.5 Å². The molecule has 0 saturated carbocycles. The third-order valence-electron chi connectivity index (χ3n) is 0.852. The number of hydrogen-bond donors (Lipinski definition) is 0. The van der Waals surface area contributed by atoms with E-state index in [1.165, 1.54) is 13.8 Å². The van der Waals surface area contributed by atoms with Crippen LogP contribution in [0.2, 0.25) is 0 Å². The summed E-state index contributed by atoms with van der Waals surface area (Å²) in [4.78, 5) is 0. The maximum atomic E-state index is 10.8. The van der Waals surface area contributed by atoms with Crippen LogP contribution in [-0.2, 0) is 13.6 Å². The monoisotopic (exact) mass is 187 g/mol. The lowest BCUT2D eigenvalue weighted by Crippen LogP contribution is -2.03. The summed E-state index contributed by atoms with van der Waals surface area (Å²) in [6, 6.07) is 3.44. The first-order valence-corrected chi connectivity index (χ1v) is 4.29. The van der Waals surface area contributed by atoms with Crippen molar-refractivity contribution in [2.45, 2.75) is 26.1 Å². The Morgan fingerprint density at radius 1 is 1.17 bits per heavy atom. The Bertz CT molecular complexity index is 218. The molecule has 0 aliphatic carbocycles. The summed E-state index contributed by atoms with van der Waals surface area (Å²) >= 11 is 0. The number of hydrogen-bond acceptors (Lipinski definition) is 5. The van der Waals surface area contributed by atoms with Gasteiger partial charge in [-0.15, -0.1) is 9.05 Å². The Kier molecular flexibility index (Phi) is 5.16. The summed E-state index contributed by atoms with van der Waals surface area (Å²) in [5, 5.41) is 16.5. The summed E-state index contributed by atoms with van der Waals surface area (Å²) < 4.78 is 19.9. The quantitative estimate of drug-likeness (QED) is 0.622. The summed E-state index contributed by atoms with van der Waals surface area (Å²) in [6.45, 7) is 2.88. The molecule has 2 atom stereocenters. The smallest absolute Gasteiger partial charge is 0.195 e. The largest absolute Gasteiger partial charge is 0.700 e. The minimum Gasteiger partial charge on any atom is -0.195 e. The summed E-state index contributed by atoms with van der Waals surface area (Å²) in [7, 11) is -2.37. The van der Waals surface area contributed by atoms with Crippen LogP contribution in [0.5, 0.6) is 0 Å². The molecule has 2 unspecified atom stereocenters. The van der Waals surface area contributed by atoms with Crippen LogP contribution >= 0.6 is 8.25 Å². The van der Waals surface area contributed by atoms with Crippen molar-refractivity contribution >= 4 is 8.25 Å². The molecular formula is C6H8N2O3P+. The minimum absolute atomic E-state index is 0.792. The van der Waals surface area contributed by atoms with Crippen LogP contribution < -0.4 is 0 Å². The molecule has 0 rings (SSSR count). The Hall–Kier alpha value is -1.00. The topological polar surface area (TPSA) is 83.1 Å². The lowest BCUT2D eigenvalue weighted by molar-refractivity contribution is 0.189. The predicted molar refractivity (Wildman–Crippen MR) is 39.9 cm³/mol. The van der Waals surface area contributed by atoms with Gasteiger partial charge >= 0.3 is 8.25 Å². The molecule has 6 heteroatoms. The zero-order valence-electron chi connectivity index (χ0n) is 6.72. The number of nitriles is 2. The molecule has 0 saturated heterocycles. The first-order valence-electron chi connectivity index (χ1n) is 3.20. The van der Waals surface area contributed by atoms with E-state index in [1.54, 1.807) is 12.1 Å². The van der Waals surface area contributed by atoms with Crippen LogP contribution in [0.25, 0.3) is 0 Å². The Morgan fingerprint density at radius 3 is 1.75 bits per heavy atom. The van der Waals surface area contributed by atoms with Crippen molar-refractivity contribution in [3.05, 3.63) is 0 Å². The van der Waals surface area contributed by atoms with Gasteiger partial charge in [0.2, 0.25) is 0 Å². The van der Waals surface area contributed by atoms with Crippen molar-refractivity contribution in [3.8, 4) is 12.1 Å². The highest BCUT2D eigenvalue weighted by atomic mass is 31.1.